The molecular weight excluding hydrogens is 455 g/mol. The van der Waals surface area contributed by atoms with E-state index in [0.717, 1.165) is 77.0 Å². The van der Waals surface area contributed by atoms with E-state index in [1.807, 2.05) is 12.1 Å². The number of aliphatic imine (C=N–C) groups is 1. The first kappa shape index (κ1) is 24.2. The third-order valence-electron chi connectivity index (χ3n) is 4.95. The number of nitrogens with one attached hydrogen (secondary N) is 2. The average molecular weight is 492 g/mol. The molecule has 0 atom stereocenters. The topological polar surface area (TPSA) is 62.0 Å². The fraction of sp³-hybridized carbons (Fsp3) is 0.750. The average Bonchev–Trinajstić information content (AvgIpc) is 3.19. The van der Waals surface area contributed by atoms with Crippen molar-refractivity contribution in [3.8, 4) is 0 Å². The van der Waals surface area contributed by atoms with Crippen LogP contribution in [-0.2, 0) is 11.2 Å². The quantitative estimate of drug-likeness (QED) is 0.215. The van der Waals surface area contributed by atoms with Gasteiger partial charge in [0.2, 0.25) is 0 Å². The Morgan fingerprint density at radius 1 is 1.19 bits per heavy atom. The molecular formula is C20H37IN4O2. The summed E-state index contributed by atoms with van der Waals surface area (Å²) in [5.41, 5.74) is 0. The highest BCUT2D eigenvalue weighted by molar-refractivity contribution is 14.0. The lowest BCUT2D eigenvalue weighted by atomic mass is 10.0. The zero-order chi connectivity index (χ0) is 18.5. The summed E-state index contributed by atoms with van der Waals surface area (Å²) in [6.07, 6.45) is 6.06. The lowest BCUT2D eigenvalue weighted by Gasteiger charge is -2.26. The molecule has 7 heteroatoms. The molecule has 0 unspecified atom stereocenters. The number of rotatable bonds is 11. The molecule has 2 rings (SSSR count). The molecule has 6 nitrogen and oxygen atoms in total. The third kappa shape index (κ3) is 10.4. The molecule has 27 heavy (non-hydrogen) atoms. The highest BCUT2D eigenvalue weighted by Gasteiger charge is 2.09. The van der Waals surface area contributed by atoms with Crippen molar-refractivity contribution in [3.05, 3.63) is 24.2 Å². The molecule has 0 radical (unpaired) electrons. The first-order valence-electron chi connectivity index (χ1n) is 10.2. The molecule has 0 bridgehead atoms. The van der Waals surface area contributed by atoms with Crippen molar-refractivity contribution in [3.63, 3.8) is 0 Å². The molecule has 1 aliphatic heterocycles. The summed E-state index contributed by atoms with van der Waals surface area (Å²) in [5, 5.41) is 6.94. The zero-order valence-electron chi connectivity index (χ0n) is 16.9. The van der Waals surface area contributed by atoms with Gasteiger partial charge in [0.05, 0.1) is 19.5 Å². The van der Waals surface area contributed by atoms with E-state index in [-0.39, 0.29) is 24.0 Å². The minimum absolute atomic E-state index is 0. The first-order valence-corrected chi connectivity index (χ1v) is 10.2. The van der Waals surface area contributed by atoms with Crippen LogP contribution in [0.1, 0.15) is 38.9 Å². The molecule has 0 amide bonds. The van der Waals surface area contributed by atoms with E-state index in [1.165, 1.54) is 12.8 Å². The van der Waals surface area contributed by atoms with Gasteiger partial charge in [-0.25, -0.2) is 0 Å². The van der Waals surface area contributed by atoms with Crippen LogP contribution in [0.5, 0.6) is 0 Å². The van der Waals surface area contributed by atoms with Crippen molar-refractivity contribution in [1.29, 1.82) is 0 Å². The van der Waals surface area contributed by atoms with Crippen LogP contribution in [-0.4, -0.2) is 63.3 Å². The standard InChI is InChI=1S/C20H36N4O2.HI/c1-3-18(4-2)17-23-20(22-10-8-19-7-5-14-26-19)21-9-6-11-24-12-15-25-16-13-24;/h5,7,14,18H,3-4,6,8-13,15-17H2,1-2H3,(H2,21,22,23);1H. The molecule has 0 spiro atoms. The van der Waals surface area contributed by atoms with E-state index < -0.39 is 0 Å². The maximum Gasteiger partial charge on any atom is 0.191 e. The van der Waals surface area contributed by atoms with Gasteiger partial charge in [0.15, 0.2) is 5.96 Å². The van der Waals surface area contributed by atoms with Crippen LogP contribution in [0.15, 0.2) is 27.8 Å². The predicted octanol–water partition coefficient (Wildman–Crippen LogP) is 3.13. The Labute approximate surface area is 181 Å². The Morgan fingerprint density at radius 2 is 1.93 bits per heavy atom. The molecule has 1 fully saturated rings. The molecule has 1 aromatic rings. The van der Waals surface area contributed by atoms with Crippen molar-refractivity contribution in [2.45, 2.75) is 39.5 Å². The SMILES string of the molecule is CCC(CC)CN=C(NCCCN1CCOCC1)NCCc1ccco1.I. The molecule has 2 heterocycles. The summed E-state index contributed by atoms with van der Waals surface area (Å²) in [5.74, 6) is 2.58. The smallest absolute Gasteiger partial charge is 0.191 e. The summed E-state index contributed by atoms with van der Waals surface area (Å²) < 4.78 is 10.8. The van der Waals surface area contributed by atoms with Crippen molar-refractivity contribution >= 4 is 29.9 Å². The molecule has 0 saturated carbocycles. The van der Waals surface area contributed by atoms with E-state index in [4.69, 9.17) is 14.1 Å². The number of nitrogens with zero attached hydrogens (tertiary/aromatic N) is 2. The van der Waals surface area contributed by atoms with Crippen molar-refractivity contribution in [2.24, 2.45) is 10.9 Å². The van der Waals surface area contributed by atoms with Crippen LogP contribution in [0, 0.1) is 5.92 Å². The minimum atomic E-state index is 0. The highest BCUT2D eigenvalue weighted by Crippen LogP contribution is 2.07. The fourth-order valence-corrected chi connectivity index (χ4v) is 3.03. The molecule has 0 aromatic carbocycles. The largest absolute Gasteiger partial charge is 0.469 e. The van der Waals surface area contributed by atoms with Gasteiger partial charge in [0.1, 0.15) is 5.76 Å². The number of halogens is 1. The van der Waals surface area contributed by atoms with Gasteiger partial charge in [-0.05, 0) is 31.0 Å². The van der Waals surface area contributed by atoms with Gasteiger partial charge in [0.25, 0.3) is 0 Å². The van der Waals surface area contributed by atoms with Gasteiger partial charge < -0.3 is 19.8 Å². The normalized spacial score (nSPS) is 15.6. The van der Waals surface area contributed by atoms with E-state index in [1.54, 1.807) is 6.26 Å². The minimum Gasteiger partial charge on any atom is -0.469 e. The van der Waals surface area contributed by atoms with Crippen LogP contribution in [0.4, 0.5) is 0 Å². The van der Waals surface area contributed by atoms with E-state index in [2.05, 4.69) is 29.4 Å². The Morgan fingerprint density at radius 3 is 2.59 bits per heavy atom. The molecule has 1 aliphatic rings. The van der Waals surface area contributed by atoms with Crippen molar-refractivity contribution < 1.29 is 9.15 Å². The Bertz CT molecular complexity index is 486. The van der Waals surface area contributed by atoms with E-state index >= 15 is 0 Å². The fourth-order valence-electron chi connectivity index (χ4n) is 3.03. The number of furan rings is 1. The van der Waals surface area contributed by atoms with Crippen LogP contribution < -0.4 is 10.6 Å². The molecule has 1 aromatic heterocycles. The second-order valence-electron chi connectivity index (χ2n) is 6.86. The molecule has 156 valence electrons. The Hall–Kier alpha value is -0.800. The van der Waals surface area contributed by atoms with Crippen LogP contribution in [0.3, 0.4) is 0 Å². The zero-order valence-corrected chi connectivity index (χ0v) is 19.2. The number of guanidine groups is 1. The maximum atomic E-state index is 5.40. The first-order chi connectivity index (χ1) is 12.8. The van der Waals surface area contributed by atoms with Gasteiger partial charge in [-0.3, -0.25) is 9.89 Å². The number of ether oxygens (including phenoxy) is 1. The second-order valence-corrected chi connectivity index (χ2v) is 6.86. The van der Waals surface area contributed by atoms with Gasteiger partial charge >= 0.3 is 0 Å². The lowest BCUT2D eigenvalue weighted by Crippen LogP contribution is -2.41. The molecule has 0 aliphatic carbocycles. The Kier molecular flexibility index (Phi) is 13.6. The van der Waals surface area contributed by atoms with E-state index in [0.29, 0.717) is 5.92 Å². The summed E-state index contributed by atoms with van der Waals surface area (Å²) in [7, 11) is 0. The predicted molar refractivity (Wildman–Crippen MR) is 122 cm³/mol. The van der Waals surface area contributed by atoms with Gasteiger partial charge in [-0.1, -0.05) is 26.7 Å². The van der Waals surface area contributed by atoms with Crippen LogP contribution in [0.2, 0.25) is 0 Å². The Balaban J connectivity index is 0.00000364. The van der Waals surface area contributed by atoms with Gasteiger partial charge in [-0.15, -0.1) is 24.0 Å². The summed E-state index contributed by atoms with van der Waals surface area (Å²) in [4.78, 5) is 7.27. The van der Waals surface area contributed by atoms with Gasteiger partial charge in [0, 0.05) is 39.1 Å². The number of morpholine rings is 1. The summed E-state index contributed by atoms with van der Waals surface area (Å²) in [6.45, 7) is 12.1. The lowest BCUT2D eigenvalue weighted by molar-refractivity contribution is 0.0376. The second kappa shape index (κ2) is 15.2. The van der Waals surface area contributed by atoms with Crippen LogP contribution in [0.25, 0.3) is 0 Å². The third-order valence-corrected chi connectivity index (χ3v) is 4.95. The summed E-state index contributed by atoms with van der Waals surface area (Å²) >= 11 is 0. The molecule has 2 N–H and O–H groups in total. The molecule has 1 saturated heterocycles. The van der Waals surface area contributed by atoms with Crippen molar-refractivity contribution in [1.82, 2.24) is 15.5 Å². The number of hydrogen-bond donors (Lipinski definition) is 2. The van der Waals surface area contributed by atoms with Gasteiger partial charge in [-0.2, -0.15) is 0 Å². The maximum absolute atomic E-state index is 5.40. The van der Waals surface area contributed by atoms with Crippen molar-refractivity contribution in [2.75, 3.05) is 52.5 Å². The summed E-state index contributed by atoms with van der Waals surface area (Å²) in [6, 6.07) is 3.94. The number of hydrogen-bond acceptors (Lipinski definition) is 4. The van der Waals surface area contributed by atoms with Crippen LogP contribution >= 0.6 is 24.0 Å². The monoisotopic (exact) mass is 492 g/mol. The van der Waals surface area contributed by atoms with E-state index in [9.17, 15) is 0 Å². The highest BCUT2D eigenvalue weighted by atomic mass is 127.